The van der Waals surface area contributed by atoms with Crippen LogP contribution in [0, 0.1) is 0 Å². The Kier molecular flexibility index (Phi) is 6.65. The van der Waals surface area contributed by atoms with Crippen LogP contribution in [0.4, 0.5) is 17.2 Å². The lowest BCUT2D eigenvalue weighted by Crippen LogP contribution is -2.26. The topological polar surface area (TPSA) is 71.5 Å². The zero-order chi connectivity index (χ0) is 21.8. The van der Waals surface area contributed by atoms with Gasteiger partial charge in [0, 0.05) is 22.5 Å². The van der Waals surface area contributed by atoms with E-state index in [1.54, 1.807) is 11.8 Å². The number of fused-ring (bicyclic) bond motifs is 2. The van der Waals surface area contributed by atoms with Gasteiger partial charge in [-0.05, 0) is 30.3 Å². The fraction of sp³-hybridized carbons (Fsp3) is 0.136. The summed E-state index contributed by atoms with van der Waals surface area (Å²) in [6.45, 7) is 0.00208. The molecule has 2 aromatic carbocycles. The van der Waals surface area contributed by atoms with Crippen LogP contribution in [0.2, 0.25) is 10.0 Å². The summed E-state index contributed by atoms with van der Waals surface area (Å²) in [5, 5.41) is 3.05. The molecule has 0 saturated carbocycles. The summed E-state index contributed by atoms with van der Waals surface area (Å²) in [4.78, 5) is 32.6. The molecule has 9 heteroatoms. The van der Waals surface area contributed by atoms with Gasteiger partial charge in [0.25, 0.3) is 5.91 Å². The molecule has 6 nitrogen and oxygen atoms in total. The molecular formula is C22H17Cl2N3O3S. The second-order valence-electron chi connectivity index (χ2n) is 6.63. The predicted octanol–water partition coefficient (Wildman–Crippen LogP) is 5.56. The van der Waals surface area contributed by atoms with Crippen LogP contribution in [0.1, 0.15) is 6.42 Å². The van der Waals surface area contributed by atoms with E-state index in [1.165, 1.54) is 12.3 Å². The van der Waals surface area contributed by atoms with Crippen molar-refractivity contribution >= 4 is 64.0 Å². The van der Waals surface area contributed by atoms with Crippen molar-refractivity contribution in [3.63, 3.8) is 0 Å². The molecule has 0 fully saturated rings. The number of ether oxygens (including phenoxy) is 1. The van der Waals surface area contributed by atoms with Crippen LogP contribution in [0.3, 0.4) is 0 Å². The molecule has 1 aromatic heterocycles. The van der Waals surface area contributed by atoms with Crippen LogP contribution in [-0.4, -0.2) is 30.0 Å². The first-order chi connectivity index (χ1) is 15.0. The zero-order valence-electron chi connectivity index (χ0n) is 16.2. The van der Waals surface area contributed by atoms with Gasteiger partial charge in [0.05, 0.1) is 27.8 Å². The molecule has 0 saturated heterocycles. The Morgan fingerprint density at radius 2 is 1.68 bits per heavy atom. The second kappa shape index (κ2) is 9.60. The van der Waals surface area contributed by atoms with E-state index < -0.39 is 18.5 Å². The Labute approximate surface area is 193 Å². The zero-order valence-corrected chi connectivity index (χ0v) is 18.5. The number of carbonyl (C=O) groups is 2. The second-order valence-corrected chi connectivity index (χ2v) is 8.56. The number of hydrogen-bond donors (Lipinski definition) is 1. The van der Waals surface area contributed by atoms with E-state index in [-0.39, 0.29) is 17.3 Å². The van der Waals surface area contributed by atoms with Crippen LogP contribution in [0.5, 0.6) is 0 Å². The summed E-state index contributed by atoms with van der Waals surface area (Å²) in [7, 11) is 0. The summed E-state index contributed by atoms with van der Waals surface area (Å²) < 4.78 is 5.13. The highest BCUT2D eigenvalue weighted by Gasteiger charge is 2.23. The first kappa shape index (κ1) is 21.5. The highest BCUT2D eigenvalue weighted by Crippen LogP contribution is 2.47. The van der Waals surface area contributed by atoms with Crippen LogP contribution in [-0.2, 0) is 14.3 Å². The Balaban J connectivity index is 1.34. The maximum Gasteiger partial charge on any atom is 0.308 e. The Morgan fingerprint density at radius 1 is 1.03 bits per heavy atom. The Hall–Kier alpha value is -2.74. The fourth-order valence-electron chi connectivity index (χ4n) is 3.12. The number of anilines is 3. The van der Waals surface area contributed by atoms with E-state index in [1.807, 2.05) is 36.4 Å². The van der Waals surface area contributed by atoms with Crippen LogP contribution < -0.4 is 10.2 Å². The molecule has 31 heavy (non-hydrogen) atoms. The van der Waals surface area contributed by atoms with Gasteiger partial charge in [-0.15, -0.1) is 0 Å². The monoisotopic (exact) mass is 473 g/mol. The first-order valence-corrected chi connectivity index (χ1v) is 11.0. The molecule has 0 bridgehead atoms. The fourth-order valence-corrected chi connectivity index (χ4v) is 4.64. The van der Waals surface area contributed by atoms with Crippen molar-refractivity contribution in [1.82, 2.24) is 4.98 Å². The van der Waals surface area contributed by atoms with Gasteiger partial charge in [-0.25, -0.2) is 4.98 Å². The molecule has 0 spiro atoms. The molecule has 3 aromatic rings. The lowest BCUT2D eigenvalue weighted by Gasteiger charge is -2.32. The Bertz CT molecular complexity index is 1100. The molecule has 1 N–H and O–H groups in total. The van der Waals surface area contributed by atoms with E-state index in [4.69, 9.17) is 27.9 Å². The average molecular weight is 474 g/mol. The van der Waals surface area contributed by atoms with Gasteiger partial charge < -0.3 is 15.0 Å². The standard InChI is InChI=1S/C22H17Cl2N3O3S/c23-14-11-15(24)22(25-12-14)26-20(28)13-30-21(29)9-10-27-16-5-1-3-7-18(16)31-19-8-4-2-6-17(19)27/h1-8,11-12H,9-10,13H2,(H,25,26,28). The summed E-state index contributed by atoms with van der Waals surface area (Å²) in [5.74, 6) is -0.847. The smallest absolute Gasteiger partial charge is 0.308 e. The first-order valence-electron chi connectivity index (χ1n) is 9.41. The minimum Gasteiger partial charge on any atom is -0.456 e. The third-order valence-electron chi connectivity index (χ3n) is 4.50. The number of halogens is 2. The van der Waals surface area contributed by atoms with Gasteiger partial charge in [-0.2, -0.15) is 0 Å². The van der Waals surface area contributed by atoms with Crippen LogP contribution >= 0.6 is 35.0 Å². The highest BCUT2D eigenvalue weighted by atomic mass is 35.5. The predicted molar refractivity (Wildman–Crippen MR) is 122 cm³/mol. The number of carbonyl (C=O) groups excluding carboxylic acids is 2. The normalized spacial score (nSPS) is 12.0. The maximum absolute atomic E-state index is 12.3. The minimum atomic E-state index is -0.532. The van der Waals surface area contributed by atoms with Crippen molar-refractivity contribution in [2.45, 2.75) is 16.2 Å². The van der Waals surface area contributed by atoms with Crippen molar-refractivity contribution in [3.8, 4) is 0 Å². The van der Waals surface area contributed by atoms with Gasteiger partial charge in [0.15, 0.2) is 12.4 Å². The third-order valence-corrected chi connectivity index (χ3v) is 6.13. The van der Waals surface area contributed by atoms with Crippen molar-refractivity contribution < 1.29 is 14.3 Å². The number of rotatable bonds is 6. The van der Waals surface area contributed by atoms with Crippen molar-refractivity contribution in [1.29, 1.82) is 0 Å². The van der Waals surface area contributed by atoms with Gasteiger partial charge in [-0.1, -0.05) is 59.2 Å². The summed E-state index contributed by atoms with van der Waals surface area (Å²) in [6.07, 6.45) is 1.49. The Morgan fingerprint density at radius 3 is 2.32 bits per heavy atom. The van der Waals surface area contributed by atoms with Crippen LogP contribution in [0.25, 0.3) is 0 Å². The lowest BCUT2D eigenvalue weighted by atomic mass is 10.2. The molecule has 1 aliphatic rings. The summed E-state index contributed by atoms with van der Waals surface area (Å²) in [6, 6.07) is 17.6. The lowest BCUT2D eigenvalue weighted by molar-refractivity contribution is -0.147. The van der Waals surface area contributed by atoms with E-state index in [9.17, 15) is 9.59 Å². The quantitative estimate of drug-likeness (QED) is 0.472. The van der Waals surface area contributed by atoms with Crippen molar-refractivity contribution in [2.24, 2.45) is 0 Å². The van der Waals surface area contributed by atoms with E-state index in [0.717, 1.165) is 21.2 Å². The largest absolute Gasteiger partial charge is 0.456 e. The van der Waals surface area contributed by atoms with E-state index in [0.29, 0.717) is 11.6 Å². The molecule has 2 heterocycles. The molecule has 0 aliphatic carbocycles. The summed E-state index contributed by atoms with van der Waals surface area (Å²) >= 11 is 13.5. The van der Waals surface area contributed by atoms with E-state index >= 15 is 0 Å². The van der Waals surface area contributed by atoms with Gasteiger partial charge >= 0.3 is 5.97 Å². The SMILES string of the molecule is O=C(COC(=O)CCN1c2ccccc2Sc2ccccc21)Nc1ncc(Cl)cc1Cl. The van der Waals surface area contributed by atoms with Gasteiger partial charge in [-0.3, -0.25) is 9.59 Å². The number of benzene rings is 2. The van der Waals surface area contributed by atoms with E-state index in [2.05, 4.69) is 27.3 Å². The third kappa shape index (κ3) is 5.12. The summed E-state index contributed by atoms with van der Waals surface area (Å²) in [5.41, 5.74) is 2.08. The number of amides is 1. The van der Waals surface area contributed by atoms with Crippen LogP contribution in [0.15, 0.2) is 70.6 Å². The molecule has 1 aliphatic heterocycles. The number of para-hydroxylation sites is 2. The molecular weight excluding hydrogens is 457 g/mol. The number of aromatic nitrogens is 1. The van der Waals surface area contributed by atoms with Gasteiger partial charge in [0.1, 0.15) is 0 Å². The van der Waals surface area contributed by atoms with Crippen molar-refractivity contribution in [2.75, 3.05) is 23.4 Å². The molecule has 1 amide bonds. The molecule has 0 radical (unpaired) electrons. The number of esters is 1. The number of nitrogens with zero attached hydrogens (tertiary/aromatic N) is 2. The minimum absolute atomic E-state index is 0.126. The molecule has 0 atom stereocenters. The number of nitrogens with one attached hydrogen (secondary N) is 1. The number of pyridine rings is 1. The molecule has 0 unspecified atom stereocenters. The van der Waals surface area contributed by atoms with Gasteiger partial charge in [0.2, 0.25) is 0 Å². The molecule has 158 valence electrons. The average Bonchev–Trinajstić information content (AvgIpc) is 2.77. The maximum atomic E-state index is 12.3. The highest BCUT2D eigenvalue weighted by molar-refractivity contribution is 7.99. The van der Waals surface area contributed by atoms with Crippen molar-refractivity contribution in [3.05, 3.63) is 70.8 Å². The number of hydrogen-bond acceptors (Lipinski definition) is 6. The molecule has 4 rings (SSSR count).